The van der Waals surface area contributed by atoms with Crippen LogP contribution in [0.15, 0.2) is 24.5 Å². The van der Waals surface area contributed by atoms with E-state index in [0.29, 0.717) is 17.3 Å². The standard InChI is InChI=1S/C11H7ClN4O/c12-11-10(16-14-5-13-11)6-1-2-8-7(3-6)4-9(17)15-8/h1-3,5H,4H2,(H,15,17). The van der Waals surface area contributed by atoms with Gasteiger partial charge in [0.05, 0.1) is 6.42 Å². The van der Waals surface area contributed by atoms with E-state index in [1.165, 1.54) is 6.33 Å². The number of anilines is 1. The molecule has 84 valence electrons. The van der Waals surface area contributed by atoms with Crippen molar-refractivity contribution in [1.29, 1.82) is 0 Å². The summed E-state index contributed by atoms with van der Waals surface area (Å²) in [7, 11) is 0. The van der Waals surface area contributed by atoms with Crippen molar-refractivity contribution in [3.63, 3.8) is 0 Å². The molecule has 0 spiro atoms. The molecule has 0 radical (unpaired) electrons. The Morgan fingerprint density at radius 1 is 1.35 bits per heavy atom. The molecule has 1 N–H and O–H groups in total. The minimum absolute atomic E-state index is 0.000479. The zero-order valence-corrected chi connectivity index (χ0v) is 9.40. The summed E-state index contributed by atoms with van der Waals surface area (Å²) in [6.45, 7) is 0. The second kappa shape index (κ2) is 3.78. The highest BCUT2D eigenvalue weighted by Gasteiger charge is 2.18. The van der Waals surface area contributed by atoms with E-state index in [1.54, 1.807) is 0 Å². The van der Waals surface area contributed by atoms with Crippen molar-refractivity contribution in [1.82, 2.24) is 15.2 Å². The second-order valence-electron chi connectivity index (χ2n) is 3.70. The average Bonchev–Trinajstić information content (AvgIpc) is 2.68. The van der Waals surface area contributed by atoms with Gasteiger partial charge < -0.3 is 5.32 Å². The van der Waals surface area contributed by atoms with E-state index >= 15 is 0 Å². The molecule has 2 heterocycles. The summed E-state index contributed by atoms with van der Waals surface area (Å²) in [5.74, 6) is 0.000479. The third kappa shape index (κ3) is 1.74. The topological polar surface area (TPSA) is 67.8 Å². The molecule has 1 aromatic carbocycles. The first-order chi connectivity index (χ1) is 8.24. The van der Waals surface area contributed by atoms with E-state index in [1.807, 2.05) is 18.2 Å². The Morgan fingerprint density at radius 2 is 2.24 bits per heavy atom. The van der Waals surface area contributed by atoms with Crippen molar-refractivity contribution in [2.75, 3.05) is 5.32 Å². The molecule has 1 amide bonds. The fourth-order valence-corrected chi connectivity index (χ4v) is 2.01. The normalized spacial score (nSPS) is 13.4. The van der Waals surface area contributed by atoms with Crippen LogP contribution in [0.2, 0.25) is 5.15 Å². The molecule has 2 aromatic rings. The predicted octanol–water partition coefficient (Wildman–Crippen LogP) is 1.69. The third-order valence-electron chi connectivity index (χ3n) is 2.58. The van der Waals surface area contributed by atoms with Crippen molar-refractivity contribution in [2.24, 2.45) is 0 Å². The fraction of sp³-hybridized carbons (Fsp3) is 0.0909. The summed E-state index contributed by atoms with van der Waals surface area (Å²) >= 11 is 5.94. The maximum absolute atomic E-state index is 11.2. The first-order valence-electron chi connectivity index (χ1n) is 5.00. The average molecular weight is 247 g/mol. The SMILES string of the molecule is O=C1Cc2cc(-c3nncnc3Cl)ccc2N1. The maximum atomic E-state index is 11.2. The molecule has 0 saturated heterocycles. The lowest BCUT2D eigenvalue weighted by Gasteiger charge is -2.03. The van der Waals surface area contributed by atoms with Crippen LogP contribution in [-0.2, 0) is 11.2 Å². The number of nitrogens with one attached hydrogen (secondary N) is 1. The molecular weight excluding hydrogens is 240 g/mol. The van der Waals surface area contributed by atoms with Gasteiger partial charge in [-0.1, -0.05) is 17.7 Å². The van der Waals surface area contributed by atoms with Crippen molar-refractivity contribution >= 4 is 23.2 Å². The highest BCUT2D eigenvalue weighted by Crippen LogP contribution is 2.30. The molecule has 17 heavy (non-hydrogen) atoms. The van der Waals surface area contributed by atoms with Crippen LogP contribution >= 0.6 is 11.6 Å². The van der Waals surface area contributed by atoms with Crippen molar-refractivity contribution in [2.45, 2.75) is 6.42 Å². The van der Waals surface area contributed by atoms with E-state index < -0.39 is 0 Å². The molecule has 1 aromatic heterocycles. The highest BCUT2D eigenvalue weighted by molar-refractivity contribution is 6.31. The summed E-state index contributed by atoms with van der Waals surface area (Å²) in [5, 5.41) is 10.7. The molecule has 0 saturated carbocycles. The lowest BCUT2D eigenvalue weighted by atomic mass is 10.1. The number of halogens is 1. The second-order valence-corrected chi connectivity index (χ2v) is 4.05. The Labute approximate surface area is 102 Å². The van der Waals surface area contributed by atoms with E-state index in [9.17, 15) is 4.79 Å². The Morgan fingerprint density at radius 3 is 3.06 bits per heavy atom. The predicted molar refractivity (Wildman–Crippen MR) is 62.6 cm³/mol. The van der Waals surface area contributed by atoms with Crippen molar-refractivity contribution < 1.29 is 4.79 Å². The van der Waals surface area contributed by atoms with Gasteiger partial charge >= 0.3 is 0 Å². The fourth-order valence-electron chi connectivity index (χ4n) is 1.82. The molecule has 5 nitrogen and oxygen atoms in total. The van der Waals surface area contributed by atoms with Crippen LogP contribution in [-0.4, -0.2) is 21.1 Å². The summed E-state index contributed by atoms with van der Waals surface area (Å²) in [4.78, 5) is 15.1. The van der Waals surface area contributed by atoms with Gasteiger partial charge in [-0.25, -0.2) is 4.98 Å². The number of nitrogens with zero attached hydrogens (tertiary/aromatic N) is 3. The summed E-state index contributed by atoms with van der Waals surface area (Å²) in [5.41, 5.74) is 3.11. The quantitative estimate of drug-likeness (QED) is 0.831. The van der Waals surface area contributed by atoms with Crippen LogP contribution in [0.25, 0.3) is 11.3 Å². The molecule has 0 atom stereocenters. The number of carbonyl (C=O) groups excluding carboxylic acids is 1. The Balaban J connectivity index is 2.09. The van der Waals surface area contributed by atoms with Gasteiger partial charge in [0.2, 0.25) is 5.91 Å². The third-order valence-corrected chi connectivity index (χ3v) is 2.86. The van der Waals surface area contributed by atoms with Crippen LogP contribution < -0.4 is 5.32 Å². The Bertz CT molecular complexity index is 614. The van der Waals surface area contributed by atoms with Gasteiger partial charge in [0.1, 0.15) is 12.0 Å². The molecule has 0 fully saturated rings. The molecule has 0 aliphatic carbocycles. The van der Waals surface area contributed by atoms with Crippen molar-refractivity contribution in [3.8, 4) is 11.3 Å². The summed E-state index contributed by atoms with van der Waals surface area (Å²) in [6, 6.07) is 5.55. The van der Waals surface area contributed by atoms with E-state index in [0.717, 1.165) is 16.8 Å². The van der Waals surface area contributed by atoms with Gasteiger partial charge in [-0.05, 0) is 17.7 Å². The van der Waals surface area contributed by atoms with Gasteiger partial charge in [-0.15, -0.1) is 10.2 Å². The Hall–Kier alpha value is -2.01. The van der Waals surface area contributed by atoms with Gasteiger partial charge in [-0.2, -0.15) is 0 Å². The molecule has 0 bridgehead atoms. The molecule has 6 heteroatoms. The van der Waals surface area contributed by atoms with Crippen LogP contribution in [0.1, 0.15) is 5.56 Å². The van der Waals surface area contributed by atoms with E-state index in [4.69, 9.17) is 11.6 Å². The lowest BCUT2D eigenvalue weighted by Crippen LogP contribution is -2.03. The largest absolute Gasteiger partial charge is 0.326 e. The van der Waals surface area contributed by atoms with Crippen molar-refractivity contribution in [3.05, 3.63) is 35.2 Å². The van der Waals surface area contributed by atoms with Gasteiger partial charge in [0.25, 0.3) is 0 Å². The summed E-state index contributed by atoms with van der Waals surface area (Å²) < 4.78 is 0. The molecular formula is C11H7ClN4O. The first kappa shape index (κ1) is 10.2. The summed E-state index contributed by atoms with van der Waals surface area (Å²) in [6.07, 6.45) is 1.68. The zero-order valence-electron chi connectivity index (χ0n) is 8.64. The van der Waals surface area contributed by atoms with Crippen LogP contribution in [0.5, 0.6) is 0 Å². The van der Waals surface area contributed by atoms with Crippen LogP contribution in [0, 0.1) is 0 Å². The molecule has 1 aliphatic rings. The number of hydrogen-bond donors (Lipinski definition) is 1. The first-order valence-corrected chi connectivity index (χ1v) is 5.38. The van der Waals surface area contributed by atoms with E-state index in [-0.39, 0.29) is 5.91 Å². The zero-order chi connectivity index (χ0) is 11.8. The number of carbonyl (C=O) groups is 1. The number of amides is 1. The number of aromatic nitrogens is 3. The minimum atomic E-state index is 0.000479. The number of benzene rings is 1. The highest BCUT2D eigenvalue weighted by atomic mass is 35.5. The molecule has 1 aliphatic heterocycles. The maximum Gasteiger partial charge on any atom is 0.228 e. The van der Waals surface area contributed by atoms with Gasteiger partial charge in [0, 0.05) is 11.3 Å². The minimum Gasteiger partial charge on any atom is -0.326 e. The smallest absolute Gasteiger partial charge is 0.228 e. The molecule has 3 rings (SSSR count). The van der Waals surface area contributed by atoms with Gasteiger partial charge in [0.15, 0.2) is 5.15 Å². The Kier molecular flexibility index (Phi) is 2.26. The number of rotatable bonds is 1. The van der Waals surface area contributed by atoms with Crippen LogP contribution in [0.3, 0.4) is 0 Å². The lowest BCUT2D eigenvalue weighted by molar-refractivity contribution is -0.115. The molecule has 0 unspecified atom stereocenters. The number of fused-ring (bicyclic) bond motifs is 1. The van der Waals surface area contributed by atoms with Gasteiger partial charge in [-0.3, -0.25) is 4.79 Å². The van der Waals surface area contributed by atoms with Crippen LogP contribution in [0.4, 0.5) is 5.69 Å². The number of hydrogen-bond acceptors (Lipinski definition) is 4. The van der Waals surface area contributed by atoms with E-state index in [2.05, 4.69) is 20.5 Å². The monoisotopic (exact) mass is 246 g/mol.